The highest BCUT2D eigenvalue weighted by molar-refractivity contribution is 5.69. The lowest BCUT2D eigenvalue weighted by atomic mass is 9.84. The molecule has 0 bridgehead atoms. The van der Waals surface area contributed by atoms with Crippen molar-refractivity contribution >= 4 is 5.97 Å². The van der Waals surface area contributed by atoms with Gasteiger partial charge in [0.2, 0.25) is 0 Å². The highest BCUT2D eigenvalue weighted by atomic mass is 16.5. The first kappa shape index (κ1) is 18.5. The van der Waals surface area contributed by atoms with Crippen molar-refractivity contribution in [3.8, 4) is 0 Å². The summed E-state index contributed by atoms with van der Waals surface area (Å²) in [6.07, 6.45) is 7.63. The maximum absolute atomic E-state index is 11.8. The standard InChI is InChI=1S/C17H34O2/c1-7-8-9-10-11-15(3)19-16(18)12-14(2)13-17(4,5)6/h14-15H,7-13H2,1-6H3. The van der Waals surface area contributed by atoms with Crippen molar-refractivity contribution in [1.29, 1.82) is 0 Å². The monoisotopic (exact) mass is 270 g/mol. The van der Waals surface area contributed by atoms with Crippen molar-refractivity contribution < 1.29 is 9.53 Å². The molecule has 114 valence electrons. The fourth-order valence-electron chi connectivity index (χ4n) is 2.59. The minimum absolute atomic E-state index is 0.0280. The molecule has 2 heteroatoms. The summed E-state index contributed by atoms with van der Waals surface area (Å²) < 4.78 is 5.48. The van der Waals surface area contributed by atoms with Gasteiger partial charge in [0.15, 0.2) is 0 Å². The Labute approximate surface area is 120 Å². The first-order chi connectivity index (χ1) is 8.74. The van der Waals surface area contributed by atoms with Gasteiger partial charge in [0.1, 0.15) is 0 Å². The SMILES string of the molecule is CCCCCCC(C)OC(=O)CC(C)CC(C)(C)C. The van der Waals surface area contributed by atoms with Gasteiger partial charge in [-0.2, -0.15) is 0 Å². The van der Waals surface area contributed by atoms with E-state index in [4.69, 9.17) is 4.74 Å². The van der Waals surface area contributed by atoms with Gasteiger partial charge in [-0.1, -0.05) is 53.9 Å². The van der Waals surface area contributed by atoms with Gasteiger partial charge in [-0.05, 0) is 37.5 Å². The van der Waals surface area contributed by atoms with E-state index in [1.807, 2.05) is 6.92 Å². The predicted octanol–water partition coefficient (Wildman–Crippen LogP) is 5.35. The Kier molecular flexibility index (Phi) is 9.12. The van der Waals surface area contributed by atoms with E-state index in [-0.39, 0.29) is 17.5 Å². The second-order valence-electron chi connectivity index (χ2n) is 7.22. The molecule has 0 heterocycles. The van der Waals surface area contributed by atoms with Gasteiger partial charge in [0, 0.05) is 6.42 Å². The van der Waals surface area contributed by atoms with E-state index in [1.54, 1.807) is 0 Å². The van der Waals surface area contributed by atoms with Crippen molar-refractivity contribution in [3.63, 3.8) is 0 Å². The van der Waals surface area contributed by atoms with Crippen LogP contribution in [0.2, 0.25) is 0 Å². The zero-order chi connectivity index (χ0) is 14.9. The van der Waals surface area contributed by atoms with Gasteiger partial charge < -0.3 is 4.74 Å². The molecule has 0 aliphatic heterocycles. The zero-order valence-corrected chi connectivity index (χ0v) is 13.9. The van der Waals surface area contributed by atoms with E-state index in [1.165, 1.54) is 25.7 Å². The van der Waals surface area contributed by atoms with E-state index in [2.05, 4.69) is 34.6 Å². The van der Waals surface area contributed by atoms with Crippen LogP contribution in [0.25, 0.3) is 0 Å². The van der Waals surface area contributed by atoms with E-state index in [0.29, 0.717) is 12.3 Å². The summed E-state index contributed by atoms with van der Waals surface area (Å²) >= 11 is 0. The average Bonchev–Trinajstić information content (AvgIpc) is 2.21. The quantitative estimate of drug-likeness (QED) is 0.417. The van der Waals surface area contributed by atoms with Crippen LogP contribution in [0.5, 0.6) is 0 Å². The fourth-order valence-corrected chi connectivity index (χ4v) is 2.59. The van der Waals surface area contributed by atoms with Crippen molar-refractivity contribution in [2.75, 3.05) is 0 Å². The number of hydrogen-bond acceptors (Lipinski definition) is 2. The van der Waals surface area contributed by atoms with Crippen LogP contribution in [0, 0.1) is 11.3 Å². The minimum Gasteiger partial charge on any atom is -0.463 e. The van der Waals surface area contributed by atoms with Gasteiger partial charge in [-0.3, -0.25) is 4.79 Å². The molecule has 0 saturated heterocycles. The molecule has 0 N–H and O–H groups in total. The summed E-state index contributed by atoms with van der Waals surface area (Å²) in [5, 5.41) is 0. The summed E-state index contributed by atoms with van der Waals surface area (Å²) in [4.78, 5) is 11.8. The lowest BCUT2D eigenvalue weighted by Gasteiger charge is -2.23. The molecule has 2 nitrogen and oxygen atoms in total. The largest absolute Gasteiger partial charge is 0.463 e. The molecule has 0 amide bonds. The number of carbonyl (C=O) groups excluding carboxylic acids is 1. The second kappa shape index (κ2) is 9.39. The van der Waals surface area contributed by atoms with Gasteiger partial charge in [-0.15, -0.1) is 0 Å². The zero-order valence-electron chi connectivity index (χ0n) is 13.9. The number of esters is 1. The highest BCUT2D eigenvalue weighted by Crippen LogP contribution is 2.26. The third-order valence-electron chi connectivity index (χ3n) is 3.27. The molecule has 0 aliphatic rings. The van der Waals surface area contributed by atoms with E-state index < -0.39 is 0 Å². The van der Waals surface area contributed by atoms with Gasteiger partial charge in [0.25, 0.3) is 0 Å². The molecular formula is C17H34O2. The van der Waals surface area contributed by atoms with Crippen LogP contribution < -0.4 is 0 Å². The Hall–Kier alpha value is -0.530. The molecular weight excluding hydrogens is 236 g/mol. The molecule has 2 unspecified atom stereocenters. The van der Waals surface area contributed by atoms with Crippen LogP contribution in [0.3, 0.4) is 0 Å². The first-order valence-electron chi connectivity index (χ1n) is 7.94. The van der Waals surface area contributed by atoms with Crippen LogP contribution in [0.15, 0.2) is 0 Å². The van der Waals surface area contributed by atoms with E-state index in [9.17, 15) is 4.79 Å². The van der Waals surface area contributed by atoms with E-state index >= 15 is 0 Å². The van der Waals surface area contributed by atoms with Gasteiger partial charge in [0.05, 0.1) is 6.10 Å². The molecule has 19 heavy (non-hydrogen) atoms. The van der Waals surface area contributed by atoms with Crippen LogP contribution in [0.1, 0.15) is 86.5 Å². The Balaban J connectivity index is 3.78. The molecule has 0 saturated carbocycles. The fraction of sp³-hybridized carbons (Fsp3) is 0.941. The third kappa shape index (κ3) is 12.3. The summed E-state index contributed by atoms with van der Waals surface area (Å²) in [6.45, 7) is 13.0. The Morgan fingerprint density at radius 3 is 2.26 bits per heavy atom. The number of carbonyl (C=O) groups is 1. The maximum Gasteiger partial charge on any atom is 0.306 e. The van der Waals surface area contributed by atoms with Crippen molar-refractivity contribution in [2.45, 2.75) is 92.6 Å². The van der Waals surface area contributed by atoms with Gasteiger partial charge >= 0.3 is 5.97 Å². The molecule has 0 aromatic rings. The number of ether oxygens (including phenoxy) is 1. The lowest BCUT2D eigenvalue weighted by Crippen LogP contribution is -2.19. The topological polar surface area (TPSA) is 26.3 Å². The molecule has 0 rings (SSSR count). The maximum atomic E-state index is 11.8. The minimum atomic E-state index is -0.0280. The smallest absolute Gasteiger partial charge is 0.306 e. The highest BCUT2D eigenvalue weighted by Gasteiger charge is 2.19. The first-order valence-corrected chi connectivity index (χ1v) is 7.94. The Bertz CT molecular complexity index is 240. The predicted molar refractivity (Wildman–Crippen MR) is 82.2 cm³/mol. The summed E-state index contributed by atoms with van der Waals surface area (Å²) in [5.41, 5.74) is 0.283. The third-order valence-corrected chi connectivity index (χ3v) is 3.27. The van der Waals surface area contributed by atoms with Crippen molar-refractivity contribution in [3.05, 3.63) is 0 Å². The Morgan fingerprint density at radius 2 is 1.74 bits per heavy atom. The number of unbranched alkanes of at least 4 members (excludes halogenated alkanes) is 3. The Morgan fingerprint density at radius 1 is 1.11 bits per heavy atom. The summed E-state index contributed by atoms with van der Waals surface area (Å²) in [7, 11) is 0. The normalized spacial score (nSPS) is 15.1. The van der Waals surface area contributed by atoms with E-state index in [0.717, 1.165) is 12.8 Å². The van der Waals surface area contributed by atoms with Crippen LogP contribution >= 0.6 is 0 Å². The number of rotatable bonds is 9. The molecule has 2 atom stereocenters. The van der Waals surface area contributed by atoms with Gasteiger partial charge in [-0.25, -0.2) is 0 Å². The molecule has 0 aromatic heterocycles. The van der Waals surface area contributed by atoms with Crippen molar-refractivity contribution in [2.24, 2.45) is 11.3 Å². The van der Waals surface area contributed by atoms with Crippen LogP contribution in [-0.4, -0.2) is 12.1 Å². The van der Waals surface area contributed by atoms with Crippen LogP contribution in [-0.2, 0) is 9.53 Å². The summed E-state index contributed by atoms with van der Waals surface area (Å²) in [5.74, 6) is 0.375. The molecule has 0 aromatic carbocycles. The summed E-state index contributed by atoms with van der Waals surface area (Å²) in [6, 6.07) is 0. The van der Waals surface area contributed by atoms with Crippen molar-refractivity contribution in [1.82, 2.24) is 0 Å². The van der Waals surface area contributed by atoms with Crippen LogP contribution in [0.4, 0.5) is 0 Å². The average molecular weight is 270 g/mol. The molecule has 0 radical (unpaired) electrons. The molecule has 0 spiro atoms. The number of hydrogen-bond donors (Lipinski definition) is 0. The molecule has 0 aliphatic carbocycles. The second-order valence-corrected chi connectivity index (χ2v) is 7.22. The molecule has 0 fully saturated rings. The lowest BCUT2D eigenvalue weighted by molar-refractivity contribution is -0.149.